The van der Waals surface area contributed by atoms with Gasteiger partial charge in [0.1, 0.15) is 6.29 Å². The number of nitrogens with zero attached hydrogens (tertiary/aromatic N) is 2. The maximum Gasteiger partial charge on any atom is 0.325 e. The Hall–Kier alpha value is -1.55. The number of urea groups is 1. The van der Waals surface area contributed by atoms with Crippen LogP contribution in [0.5, 0.6) is 0 Å². The third-order valence-electron chi connectivity index (χ3n) is 2.53. The van der Waals surface area contributed by atoms with Crippen LogP contribution in [0.2, 0.25) is 5.02 Å². The summed E-state index contributed by atoms with van der Waals surface area (Å²) in [7, 11) is 0. The van der Waals surface area contributed by atoms with Crippen molar-refractivity contribution < 1.29 is 9.59 Å². The maximum absolute atomic E-state index is 11.9. The molecular weight excluding hydrogens is 228 g/mol. The summed E-state index contributed by atoms with van der Waals surface area (Å²) in [4.78, 5) is 25.3. The van der Waals surface area contributed by atoms with Gasteiger partial charge in [-0.05, 0) is 12.1 Å². The van der Waals surface area contributed by atoms with E-state index < -0.39 is 0 Å². The van der Waals surface area contributed by atoms with Crippen molar-refractivity contribution >= 4 is 29.6 Å². The number of hydrogen-bond donors (Lipinski definition) is 0. The van der Waals surface area contributed by atoms with Crippen LogP contribution >= 0.6 is 11.6 Å². The smallest absolute Gasteiger partial charge is 0.316 e. The summed E-state index contributed by atoms with van der Waals surface area (Å²) in [5, 5.41) is 0.545. The molecule has 0 aromatic heterocycles. The Morgan fingerprint density at radius 3 is 2.75 bits per heavy atom. The van der Waals surface area contributed by atoms with Crippen LogP contribution in [0, 0.1) is 0 Å². The van der Waals surface area contributed by atoms with Crippen LogP contribution in [0.3, 0.4) is 0 Å². The zero-order valence-electron chi connectivity index (χ0n) is 8.60. The lowest BCUT2D eigenvalue weighted by Crippen LogP contribution is -2.32. The average molecular weight is 239 g/mol. The number of benzene rings is 1. The number of halogens is 1. The predicted molar refractivity (Wildman–Crippen MR) is 61.8 cm³/mol. The molecule has 1 aliphatic rings. The van der Waals surface area contributed by atoms with Gasteiger partial charge in [0.05, 0.1) is 17.3 Å². The lowest BCUT2D eigenvalue weighted by atomic mass is 10.3. The highest BCUT2D eigenvalue weighted by Gasteiger charge is 2.29. The van der Waals surface area contributed by atoms with E-state index in [1.807, 2.05) is 12.1 Å². The van der Waals surface area contributed by atoms with Gasteiger partial charge in [0.25, 0.3) is 0 Å². The molecule has 0 unspecified atom stereocenters. The van der Waals surface area contributed by atoms with Crippen molar-refractivity contribution in [1.82, 2.24) is 4.90 Å². The maximum atomic E-state index is 11.9. The topological polar surface area (TPSA) is 40.6 Å². The van der Waals surface area contributed by atoms with Crippen LogP contribution in [0.1, 0.15) is 0 Å². The molecule has 2 rings (SSSR count). The van der Waals surface area contributed by atoms with Crippen molar-refractivity contribution in [2.45, 2.75) is 0 Å². The van der Waals surface area contributed by atoms with Gasteiger partial charge in [-0.2, -0.15) is 0 Å². The van der Waals surface area contributed by atoms with Gasteiger partial charge in [-0.25, -0.2) is 4.79 Å². The van der Waals surface area contributed by atoms with Gasteiger partial charge in [-0.1, -0.05) is 23.7 Å². The average Bonchev–Trinajstić information content (AvgIpc) is 2.62. The van der Waals surface area contributed by atoms with Gasteiger partial charge in [0.15, 0.2) is 0 Å². The molecule has 1 fully saturated rings. The van der Waals surface area contributed by atoms with Crippen molar-refractivity contribution in [3.8, 4) is 0 Å². The summed E-state index contributed by atoms with van der Waals surface area (Å²) < 4.78 is 0. The van der Waals surface area contributed by atoms with Gasteiger partial charge in [-0.3, -0.25) is 4.90 Å². The summed E-state index contributed by atoms with van der Waals surface area (Å²) in [5.41, 5.74) is 0.697. The lowest BCUT2D eigenvalue weighted by Gasteiger charge is -2.18. The third kappa shape index (κ3) is 1.88. The molecule has 0 aliphatic carbocycles. The summed E-state index contributed by atoms with van der Waals surface area (Å²) in [6, 6.07) is 7.02. The molecule has 1 heterocycles. The number of carbonyl (C=O) groups is 2. The van der Waals surface area contributed by atoms with E-state index >= 15 is 0 Å². The first kappa shape index (κ1) is 11.0. The molecule has 0 bridgehead atoms. The second-order valence-electron chi connectivity index (χ2n) is 3.50. The van der Waals surface area contributed by atoms with Crippen LogP contribution in [-0.2, 0) is 4.79 Å². The molecule has 0 N–H and O–H groups in total. The van der Waals surface area contributed by atoms with E-state index in [1.165, 1.54) is 4.90 Å². The van der Waals surface area contributed by atoms with Crippen LogP contribution in [0.25, 0.3) is 0 Å². The van der Waals surface area contributed by atoms with Crippen LogP contribution in [0.15, 0.2) is 24.3 Å². The number of rotatable bonds is 3. The molecule has 5 heteroatoms. The highest BCUT2D eigenvalue weighted by molar-refractivity contribution is 6.33. The van der Waals surface area contributed by atoms with E-state index in [0.29, 0.717) is 23.8 Å². The zero-order chi connectivity index (χ0) is 11.5. The largest absolute Gasteiger partial charge is 0.325 e. The van der Waals surface area contributed by atoms with Crippen LogP contribution in [0.4, 0.5) is 10.5 Å². The summed E-state index contributed by atoms with van der Waals surface area (Å²) in [6.07, 6.45) is 0.730. The molecule has 0 radical (unpaired) electrons. The number of anilines is 1. The Morgan fingerprint density at radius 1 is 1.31 bits per heavy atom. The number of aldehydes is 1. The molecule has 16 heavy (non-hydrogen) atoms. The zero-order valence-corrected chi connectivity index (χ0v) is 9.35. The highest BCUT2D eigenvalue weighted by Crippen LogP contribution is 2.27. The van der Waals surface area contributed by atoms with Gasteiger partial charge < -0.3 is 9.69 Å². The monoisotopic (exact) mass is 238 g/mol. The molecular formula is C11H11ClN2O2. The first-order chi connectivity index (χ1) is 7.74. The lowest BCUT2D eigenvalue weighted by molar-refractivity contribution is -0.108. The first-order valence-electron chi connectivity index (χ1n) is 4.98. The second-order valence-corrected chi connectivity index (χ2v) is 3.91. The first-order valence-corrected chi connectivity index (χ1v) is 5.36. The van der Waals surface area contributed by atoms with Gasteiger partial charge >= 0.3 is 6.03 Å². The second kappa shape index (κ2) is 4.53. The van der Waals surface area contributed by atoms with E-state index in [1.54, 1.807) is 17.0 Å². The molecule has 4 nitrogen and oxygen atoms in total. The minimum atomic E-state index is -0.166. The fourth-order valence-corrected chi connectivity index (χ4v) is 1.97. The molecule has 84 valence electrons. The van der Waals surface area contributed by atoms with Crippen LogP contribution < -0.4 is 4.90 Å². The fourth-order valence-electron chi connectivity index (χ4n) is 1.74. The molecule has 1 aliphatic heterocycles. The van der Waals surface area contributed by atoms with Crippen molar-refractivity contribution in [1.29, 1.82) is 0 Å². The van der Waals surface area contributed by atoms with Gasteiger partial charge in [0, 0.05) is 13.1 Å². The molecule has 2 amide bonds. The number of hydrogen-bond acceptors (Lipinski definition) is 2. The standard InChI is InChI=1S/C11H11ClN2O2/c12-9-3-1-2-4-10(9)14-6-5-13(7-8-15)11(14)16/h1-4,8H,5-7H2. The highest BCUT2D eigenvalue weighted by atomic mass is 35.5. The van der Waals surface area contributed by atoms with Crippen LogP contribution in [-0.4, -0.2) is 36.9 Å². The fraction of sp³-hybridized carbons (Fsp3) is 0.273. The Morgan fingerprint density at radius 2 is 2.06 bits per heavy atom. The van der Waals surface area contributed by atoms with Crippen molar-refractivity contribution in [3.05, 3.63) is 29.3 Å². The molecule has 0 spiro atoms. The summed E-state index contributed by atoms with van der Waals surface area (Å²) in [5.74, 6) is 0. The Bertz CT molecular complexity index is 422. The molecule has 0 atom stereocenters. The molecule has 1 aromatic rings. The van der Waals surface area contributed by atoms with E-state index in [-0.39, 0.29) is 12.6 Å². The van der Waals surface area contributed by atoms with E-state index in [0.717, 1.165) is 6.29 Å². The van der Waals surface area contributed by atoms with E-state index in [2.05, 4.69) is 0 Å². The van der Waals surface area contributed by atoms with E-state index in [9.17, 15) is 9.59 Å². The summed E-state index contributed by atoms with van der Waals surface area (Å²) >= 11 is 6.01. The van der Waals surface area contributed by atoms with Crippen molar-refractivity contribution in [2.24, 2.45) is 0 Å². The summed E-state index contributed by atoms with van der Waals surface area (Å²) in [6.45, 7) is 1.26. The normalized spacial score (nSPS) is 15.7. The number of para-hydroxylation sites is 1. The van der Waals surface area contributed by atoms with Gasteiger partial charge in [-0.15, -0.1) is 0 Å². The van der Waals surface area contributed by atoms with Crippen molar-refractivity contribution in [2.75, 3.05) is 24.5 Å². The number of carbonyl (C=O) groups excluding carboxylic acids is 2. The molecule has 1 saturated heterocycles. The predicted octanol–water partition coefficient (Wildman–Crippen LogP) is 1.78. The molecule has 1 aromatic carbocycles. The molecule has 0 saturated carbocycles. The third-order valence-corrected chi connectivity index (χ3v) is 2.85. The Kier molecular flexibility index (Phi) is 3.10. The van der Waals surface area contributed by atoms with E-state index in [4.69, 9.17) is 11.6 Å². The number of amides is 2. The Balaban J connectivity index is 2.22. The Labute approximate surface area is 98.4 Å². The SMILES string of the molecule is O=CCN1CCN(c2ccccc2Cl)C1=O. The van der Waals surface area contributed by atoms with Crippen molar-refractivity contribution in [3.63, 3.8) is 0 Å². The minimum Gasteiger partial charge on any atom is -0.316 e. The minimum absolute atomic E-state index is 0.139. The van der Waals surface area contributed by atoms with Gasteiger partial charge in [0.2, 0.25) is 0 Å². The quantitative estimate of drug-likeness (QED) is 0.754.